The molecule has 0 saturated heterocycles. The fraction of sp³-hybridized carbons (Fsp3) is 0.308. The first kappa shape index (κ1) is 13.6. The van der Waals surface area contributed by atoms with E-state index in [-0.39, 0.29) is 0 Å². The number of pyridine rings is 1. The summed E-state index contributed by atoms with van der Waals surface area (Å²) in [4.78, 5) is 4.20. The molecule has 2 aromatic rings. The number of benzene rings is 1. The molecule has 96 valence electrons. The smallest absolute Gasteiger partial charge is 0.106 e. The maximum atomic E-state index is 10.1. The van der Waals surface area contributed by atoms with E-state index in [9.17, 15) is 10.2 Å². The summed E-state index contributed by atoms with van der Waals surface area (Å²) in [6.07, 6.45) is 0.263. The van der Waals surface area contributed by atoms with Crippen LogP contribution in [0.2, 0.25) is 5.02 Å². The Hall–Kier alpha value is -0.810. The highest BCUT2D eigenvalue weighted by atomic mass is 35.5. The zero-order valence-electron chi connectivity index (χ0n) is 9.62. The van der Waals surface area contributed by atoms with Crippen molar-refractivity contribution in [1.82, 2.24) is 4.98 Å². The summed E-state index contributed by atoms with van der Waals surface area (Å²) in [6, 6.07) is 6.99. The van der Waals surface area contributed by atoms with Crippen LogP contribution in [0.3, 0.4) is 0 Å². The van der Waals surface area contributed by atoms with E-state index in [1.165, 1.54) is 0 Å². The Morgan fingerprint density at radius 2 is 2.06 bits per heavy atom. The average Bonchev–Trinajstić information content (AvgIpc) is 2.37. The van der Waals surface area contributed by atoms with E-state index in [0.717, 1.165) is 5.39 Å². The molecule has 1 aromatic carbocycles. The Kier molecular flexibility index (Phi) is 4.45. The predicted octanol–water partition coefficient (Wildman–Crippen LogP) is 2.60. The maximum absolute atomic E-state index is 10.1. The van der Waals surface area contributed by atoms with Crippen LogP contribution in [-0.2, 0) is 0 Å². The maximum Gasteiger partial charge on any atom is 0.106 e. The number of aliphatic hydroxyl groups is 2. The summed E-state index contributed by atoms with van der Waals surface area (Å²) in [5.74, 6) is 0.521. The Bertz CT molecular complexity index is 550. The molecular weight excluding hydrogens is 270 g/mol. The molecule has 1 heterocycles. The number of hydrogen-bond acceptors (Lipinski definition) is 4. The minimum Gasteiger partial charge on any atom is -0.390 e. The first-order valence-corrected chi connectivity index (χ1v) is 6.65. The molecule has 0 aliphatic carbocycles. The highest BCUT2D eigenvalue weighted by Crippen LogP contribution is 2.27. The van der Waals surface area contributed by atoms with Crippen molar-refractivity contribution < 1.29 is 10.2 Å². The van der Waals surface area contributed by atoms with E-state index in [2.05, 4.69) is 17.6 Å². The predicted molar refractivity (Wildman–Crippen MR) is 76.2 cm³/mol. The summed E-state index contributed by atoms with van der Waals surface area (Å²) >= 11 is 9.95. The lowest BCUT2D eigenvalue weighted by molar-refractivity contribution is 0.0181. The van der Waals surface area contributed by atoms with E-state index in [4.69, 9.17) is 11.6 Å². The van der Waals surface area contributed by atoms with Crippen LogP contribution in [0.4, 0.5) is 0 Å². The molecule has 0 aliphatic heterocycles. The van der Waals surface area contributed by atoms with Crippen LogP contribution in [0.25, 0.3) is 10.9 Å². The van der Waals surface area contributed by atoms with E-state index >= 15 is 0 Å². The van der Waals surface area contributed by atoms with Gasteiger partial charge in [0.25, 0.3) is 0 Å². The third-order valence-electron chi connectivity index (χ3n) is 2.85. The summed E-state index contributed by atoms with van der Waals surface area (Å²) < 4.78 is 0. The SMILES string of the molecule is OC(CCS)C(O)c1ccnc2cc(Cl)ccc12. The topological polar surface area (TPSA) is 53.4 Å². The van der Waals surface area contributed by atoms with Gasteiger partial charge < -0.3 is 10.2 Å². The molecule has 0 bridgehead atoms. The third-order valence-corrected chi connectivity index (χ3v) is 3.34. The normalized spacial score (nSPS) is 14.7. The molecule has 0 saturated carbocycles. The number of nitrogens with zero attached hydrogens (tertiary/aromatic N) is 1. The van der Waals surface area contributed by atoms with Crippen molar-refractivity contribution in [3.63, 3.8) is 0 Å². The minimum atomic E-state index is -0.941. The van der Waals surface area contributed by atoms with Gasteiger partial charge in [-0.1, -0.05) is 17.7 Å². The van der Waals surface area contributed by atoms with Crippen LogP contribution >= 0.6 is 24.2 Å². The van der Waals surface area contributed by atoms with Crippen LogP contribution in [0, 0.1) is 0 Å². The molecule has 2 rings (SSSR count). The van der Waals surface area contributed by atoms with Gasteiger partial charge in [0.1, 0.15) is 6.10 Å². The van der Waals surface area contributed by atoms with E-state index in [1.54, 1.807) is 30.5 Å². The van der Waals surface area contributed by atoms with Crippen molar-refractivity contribution in [1.29, 1.82) is 0 Å². The number of fused-ring (bicyclic) bond motifs is 1. The molecule has 2 unspecified atom stereocenters. The van der Waals surface area contributed by atoms with Gasteiger partial charge in [-0.05, 0) is 35.9 Å². The zero-order chi connectivity index (χ0) is 13.1. The van der Waals surface area contributed by atoms with Gasteiger partial charge in [-0.25, -0.2) is 0 Å². The van der Waals surface area contributed by atoms with E-state index < -0.39 is 12.2 Å². The van der Waals surface area contributed by atoms with Crippen LogP contribution in [-0.4, -0.2) is 27.1 Å². The van der Waals surface area contributed by atoms with Gasteiger partial charge in [0.15, 0.2) is 0 Å². The van der Waals surface area contributed by atoms with Gasteiger partial charge >= 0.3 is 0 Å². The largest absolute Gasteiger partial charge is 0.390 e. The van der Waals surface area contributed by atoms with Crippen molar-refractivity contribution in [3.05, 3.63) is 41.0 Å². The number of aliphatic hydroxyl groups excluding tert-OH is 2. The Labute approximate surface area is 116 Å². The molecule has 0 spiro atoms. The Morgan fingerprint density at radius 1 is 1.28 bits per heavy atom. The van der Waals surface area contributed by atoms with Gasteiger partial charge in [-0.15, -0.1) is 0 Å². The third kappa shape index (κ3) is 2.78. The van der Waals surface area contributed by atoms with Gasteiger partial charge in [-0.3, -0.25) is 4.98 Å². The van der Waals surface area contributed by atoms with Crippen LogP contribution in [0.5, 0.6) is 0 Å². The van der Waals surface area contributed by atoms with Crippen LogP contribution < -0.4 is 0 Å². The Balaban J connectivity index is 2.44. The lowest BCUT2D eigenvalue weighted by Crippen LogP contribution is -2.19. The second-order valence-corrected chi connectivity index (χ2v) is 4.97. The lowest BCUT2D eigenvalue weighted by Gasteiger charge is -2.18. The van der Waals surface area contributed by atoms with Gasteiger partial charge in [0.2, 0.25) is 0 Å². The van der Waals surface area contributed by atoms with E-state index in [1.807, 2.05) is 0 Å². The van der Waals surface area contributed by atoms with Crippen LogP contribution in [0.1, 0.15) is 18.1 Å². The van der Waals surface area contributed by atoms with Gasteiger partial charge in [-0.2, -0.15) is 12.6 Å². The quantitative estimate of drug-likeness (QED) is 0.756. The fourth-order valence-corrected chi connectivity index (χ4v) is 2.33. The molecule has 1 aromatic heterocycles. The second-order valence-electron chi connectivity index (χ2n) is 4.09. The molecule has 0 radical (unpaired) electrons. The molecule has 2 atom stereocenters. The number of thiol groups is 1. The summed E-state index contributed by atoms with van der Waals surface area (Å²) in [5, 5.41) is 21.4. The summed E-state index contributed by atoms with van der Waals surface area (Å²) in [5.41, 5.74) is 1.36. The highest BCUT2D eigenvalue weighted by Gasteiger charge is 2.19. The monoisotopic (exact) mass is 283 g/mol. The van der Waals surface area contributed by atoms with Crippen molar-refractivity contribution in [2.75, 3.05) is 5.75 Å². The lowest BCUT2D eigenvalue weighted by atomic mass is 9.99. The van der Waals surface area contributed by atoms with Crippen molar-refractivity contribution in [3.8, 4) is 0 Å². The fourth-order valence-electron chi connectivity index (χ4n) is 1.90. The van der Waals surface area contributed by atoms with Gasteiger partial charge in [0, 0.05) is 16.6 Å². The van der Waals surface area contributed by atoms with Crippen molar-refractivity contribution in [2.45, 2.75) is 18.6 Å². The number of aromatic nitrogens is 1. The molecule has 2 N–H and O–H groups in total. The van der Waals surface area contributed by atoms with Crippen molar-refractivity contribution in [2.24, 2.45) is 0 Å². The molecule has 18 heavy (non-hydrogen) atoms. The minimum absolute atomic E-state index is 0.432. The Morgan fingerprint density at radius 3 is 2.78 bits per heavy atom. The summed E-state index contributed by atoms with van der Waals surface area (Å²) in [7, 11) is 0. The van der Waals surface area contributed by atoms with Crippen LogP contribution in [0.15, 0.2) is 30.5 Å². The first-order chi connectivity index (χ1) is 8.63. The molecule has 3 nitrogen and oxygen atoms in total. The average molecular weight is 284 g/mol. The zero-order valence-corrected chi connectivity index (χ0v) is 11.3. The number of rotatable bonds is 4. The van der Waals surface area contributed by atoms with E-state index in [0.29, 0.717) is 28.3 Å². The van der Waals surface area contributed by atoms with Gasteiger partial charge in [0.05, 0.1) is 11.6 Å². The highest BCUT2D eigenvalue weighted by molar-refractivity contribution is 7.80. The van der Waals surface area contributed by atoms with Crippen molar-refractivity contribution >= 4 is 35.1 Å². The number of hydrogen-bond donors (Lipinski definition) is 3. The second kappa shape index (κ2) is 5.89. The molecular formula is C13H14ClNO2S. The first-order valence-electron chi connectivity index (χ1n) is 5.64. The molecule has 0 fully saturated rings. The molecule has 0 aliphatic rings. The summed E-state index contributed by atoms with van der Waals surface area (Å²) in [6.45, 7) is 0. The number of halogens is 1. The standard InChI is InChI=1S/C13H14ClNO2S/c14-8-1-2-9-10(3-5-15-11(9)7-8)13(17)12(16)4-6-18/h1-3,5,7,12-13,16-18H,4,6H2. The molecule has 0 amide bonds. The molecule has 5 heteroatoms.